The van der Waals surface area contributed by atoms with E-state index in [-0.39, 0.29) is 4.21 Å². The molecule has 0 fully saturated rings. The zero-order valence-electron chi connectivity index (χ0n) is 12.4. The molecule has 0 amide bonds. The lowest BCUT2D eigenvalue weighted by molar-refractivity contribution is 0.603. The van der Waals surface area contributed by atoms with Crippen molar-refractivity contribution in [3.63, 3.8) is 0 Å². The quantitative estimate of drug-likeness (QED) is 0.502. The van der Waals surface area contributed by atoms with Crippen LogP contribution in [0, 0.1) is 11.3 Å². The fourth-order valence-corrected chi connectivity index (χ4v) is 4.49. The summed E-state index contributed by atoms with van der Waals surface area (Å²) in [5.74, 6) is 0. The van der Waals surface area contributed by atoms with Crippen LogP contribution >= 0.6 is 11.3 Å². The number of hydrogen-bond donors (Lipinski definition) is 3. The van der Waals surface area contributed by atoms with Gasteiger partial charge in [0.1, 0.15) is 16.8 Å². The van der Waals surface area contributed by atoms with Crippen LogP contribution in [0.15, 0.2) is 41.0 Å². The molecule has 3 heterocycles. The Bertz CT molecular complexity index is 1200. The summed E-state index contributed by atoms with van der Waals surface area (Å²) in [4.78, 5) is 7.00. The minimum absolute atomic E-state index is 0.0505. The Labute approximate surface area is 145 Å². The summed E-state index contributed by atoms with van der Waals surface area (Å²) in [6.45, 7) is 0. The molecule has 0 saturated carbocycles. The van der Waals surface area contributed by atoms with Gasteiger partial charge in [-0.05, 0) is 6.07 Å². The molecule has 0 atom stereocenters. The molecule has 0 saturated heterocycles. The van der Waals surface area contributed by atoms with Gasteiger partial charge in [0, 0.05) is 11.6 Å². The third-order valence-corrected chi connectivity index (χ3v) is 6.31. The second-order valence-electron chi connectivity index (χ2n) is 4.99. The molecule has 4 rings (SSSR count). The minimum atomic E-state index is -3.83. The average Bonchev–Trinajstić information content (AvgIpc) is 3.33. The van der Waals surface area contributed by atoms with Crippen LogP contribution in [0.2, 0.25) is 0 Å². The largest absolute Gasteiger partial charge is 0.358 e. The fourth-order valence-electron chi connectivity index (χ4n) is 2.33. The van der Waals surface area contributed by atoms with Crippen LogP contribution in [0.3, 0.4) is 0 Å². The normalized spacial score (nSPS) is 11.5. The predicted octanol–water partition coefficient (Wildman–Crippen LogP) is 2.08. The third kappa shape index (κ3) is 2.63. The monoisotopic (exact) mass is 371 g/mol. The van der Waals surface area contributed by atoms with Crippen molar-refractivity contribution < 1.29 is 8.42 Å². The average molecular weight is 371 g/mol. The van der Waals surface area contributed by atoms with Crippen LogP contribution in [-0.2, 0) is 10.0 Å². The van der Waals surface area contributed by atoms with E-state index in [1.165, 1.54) is 18.6 Å². The predicted molar refractivity (Wildman–Crippen MR) is 91.3 cm³/mol. The number of aromatic amines is 2. The summed E-state index contributed by atoms with van der Waals surface area (Å²) >= 11 is 0.985. The van der Waals surface area contributed by atoms with Gasteiger partial charge in [-0.2, -0.15) is 20.7 Å². The standard InChI is InChI=1S/C14H9N7O2S2/c15-4-8-5-16-13-9(8)2-1-3-10(13)20-25(22,23)12-7-17-14(24-12)11-6-18-21-19-11/h1-3,5-7,16,20H,(H,18,19,21). The van der Waals surface area contributed by atoms with Crippen molar-refractivity contribution in [2.75, 3.05) is 4.72 Å². The maximum atomic E-state index is 12.6. The first-order valence-corrected chi connectivity index (χ1v) is 9.23. The molecule has 0 aliphatic carbocycles. The van der Waals surface area contributed by atoms with Gasteiger partial charge in [-0.25, -0.2) is 13.4 Å². The lowest BCUT2D eigenvalue weighted by Crippen LogP contribution is -2.11. The van der Waals surface area contributed by atoms with Crippen molar-refractivity contribution in [1.82, 2.24) is 25.4 Å². The van der Waals surface area contributed by atoms with E-state index in [4.69, 9.17) is 5.26 Å². The van der Waals surface area contributed by atoms with Gasteiger partial charge in [-0.3, -0.25) is 4.72 Å². The van der Waals surface area contributed by atoms with E-state index in [9.17, 15) is 8.42 Å². The minimum Gasteiger partial charge on any atom is -0.358 e. The second-order valence-corrected chi connectivity index (χ2v) is 7.93. The van der Waals surface area contributed by atoms with Crippen LogP contribution in [0.5, 0.6) is 0 Å². The number of para-hydroxylation sites is 1. The Balaban J connectivity index is 1.71. The SMILES string of the molecule is N#Cc1c[nH]c2c(NS(=O)(=O)c3cnc(-c4cn[nH]n4)s3)cccc12. The first-order chi connectivity index (χ1) is 12.1. The Hall–Kier alpha value is -3.23. The molecule has 3 N–H and O–H groups in total. The van der Waals surface area contributed by atoms with E-state index in [1.54, 1.807) is 18.2 Å². The summed E-state index contributed by atoms with van der Waals surface area (Å²) in [7, 11) is -3.83. The molecule has 25 heavy (non-hydrogen) atoms. The van der Waals surface area contributed by atoms with E-state index >= 15 is 0 Å². The highest BCUT2D eigenvalue weighted by atomic mass is 32.2. The molecule has 124 valence electrons. The smallest absolute Gasteiger partial charge is 0.273 e. The van der Waals surface area contributed by atoms with Crippen molar-refractivity contribution in [1.29, 1.82) is 5.26 Å². The molecule has 0 unspecified atom stereocenters. The number of fused-ring (bicyclic) bond motifs is 1. The Morgan fingerprint density at radius 1 is 1.28 bits per heavy atom. The van der Waals surface area contributed by atoms with Gasteiger partial charge >= 0.3 is 0 Å². The summed E-state index contributed by atoms with van der Waals surface area (Å²) in [6.07, 6.45) is 4.27. The van der Waals surface area contributed by atoms with Crippen LogP contribution in [0.1, 0.15) is 5.56 Å². The van der Waals surface area contributed by atoms with Gasteiger partial charge in [0.05, 0.1) is 29.2 Å². The maximum absolute atomic E-state index is 12.6. The number of nitrogens with zero attached hydrogens (tertiary/aromatic N) is 4. The fraction of sp³-hybridized carbons (Fsp3) is 0. The van der Waals surface area contributed by atoms with Crippen LogP contribution in [-0.4, -0.2) is 33.8 Å². The molecule has 3 aromatic heterocycles. The molecule has 0 aliphatic rings. The van der Waals surface area contributed by atoms with Gasteiger partial charge in [0.2, 0.25) is 0 Å². The zero-order chi connectivity index (χ0) is 17.4. The number of nitrogens with one attached hydrogen (secondary N) is 3. The molecule has 0 bridgehead atoms. The van der Waals surface area contributed by atoms with Crippen molar-refractivity contribution in [3.8, 4) is 16.8 Å². The van der Waals surface area contributed by atoms with Crippen molar-refractivity contribution in [3.05, 3.63) is 42.4 Å². The Morgan fingerprint density at radius 2 is 2.16 bits per heavy atom. The highest BCUT2D eigenvalue weighted by Gasteiger charge is 2.21. The Morgan fingerprint density at radius 3 is 2.92 bits per heavy atom. The van der Waals surface area contributed by atoms with E-state index < -0.39 is 10.0 Å². The van der Waals surface area contributed by atoms with Crippen molar-refractivity contribution >= 4 is 38.0 Å². The number of rotatable bonds is 4. The summed E-state index contributed by atoms with van der Waals surface area (Å²) in [5.41, 5.74) is 1.82. The van der Waals surface area contributed by atoms with Gasteiger partial charge in [-0.15, -0.1) is 0 Å². The molecule has 0 spiro atoms. The van der Waals surface area contributed by atoms with Crippen molar-refractivity contribution in [2.24, 2.45) is 0 Å². The number of thiazole rings is 1. The highest BCUT2D eigenvalue weighted by Crippen LogP contribution is 2.30. The van der Waals surface area contributed by atoms with Crippen LogP contribution < -0.4 is 4.72 Å². The molecule has 1 aromatic carbocycles. The number of sulfonamides is 1. The van der Waals surface area contributed by atoms with E-state index in [1.807, 2.05) is 0 Å². The number of aromatic nitrogens is 5. The van der Waals surface area contributed by atoms with Gasteiger partial charge in [0.25, 0.3) is 10.0 Å². The molecule has 9 nitrogen and oxygen atoms in total. The lowest BCUT2D eigenvalue weighted by atomic mass is 10.2. The van der Waals surface area contributed by atoms with Gasteiger partial charge in [-0.1, -0.05) is 23.5 Å². The van der Waals surface area contributed by atoms with E-state index in [0.29, 0.717) is 32.9 Å². The van der Waals surface area contributed by atoms with E-state index in [2.05, 4.69) is 36.2 Å². The van der Waals surface area contributed by atoms with Gasteiger partial charge < -0.3 is 4.98 Å². The lowest BCUT2D eigenvalue weighted by Gasteiger charge is -2.07. The third-order valence-electron chi connectivity index (χ3n) is 3.46. The Kier molecular flexibility index (Phi) is 3.48. The summed E-state index contributed by atoms with van der Waals surface area (Å²) in [5, 5.41) is 20.2. The number of benzene rings is 1. The summed E-state index contributed by atoms with van der Waals surface area (Å²) < 4.78 is 27.9. The van der Waals surface area contributed by atoms with Gasteiger partial charge in [0.15, 0.2) is 4.21 Å². The first-order valence-electron chi connectivity index (χ1n) is 6.93. The number of anilines is 1. The zero-order valence-corrected chi connectivity index (χ0v) is 14.0. The molecule has 4 aromatic rings. The second kappa shape index (κ2) is 5.69. The van der Waals surface area contributed by atoms with E-state index in [0.717, 1.165) is 11.3 Å². The first kappa shape index (κ1) is 15.3. The number of nitriles is 1. The molecular formula is C14H9N7O2S2. The molecule has 0 aliphatic heterocycles. The molecule has 0 radical (unpaired) electrons. The number of H-pyrrole nitrogens is 2. The molecule has 11 heteroatoms. The highest BCUT2D eigenvalue weighted by molar-refractivity contribution is 7.94. The number of hydrogen-bond acceptors (Lipinski definition) is 7. The topological polar surface area (TPSA) is 140 Å². The van der Waals surface area contributed by atoms with Crippen LogP contribution in [0.25, 0.3) is 21.6 Å². The molecular weight excluding hydrogens is 362 g/mol. The maximum Gasteiger partial charge on any atom is 0.273 e. The van der Waals surface area contributed by atoms with Crippen LogP contribution in [0.4, 0.5) is 5.69 Å². The van der Waals surface area contributed by atoms with Crippen molar-refractivity contribution in [2.45, 2.75) is 4.21 Å². The summed E-state index contributed by atoms with van der Waals surface area (Å²) in [6, 6.07) is 7.11.